The SMILES string of the molecule is CCC[C@@H](OCc1ccccc1)[C@H](C)OC(=O)[C@H](C)CC(=O)c1nccc(OC)c1O. The number of Topliss-reactive ketones (excluding diaryl/α,β-unsaturated/α-hetero) is 1. The van der Waals surface area contributed by atoms with Gasteiger partial charge in [-0.05, 0) is 18.9 Å². The van der Waals surface area contributed by atoms with Crippen LogP contribution in [0.1, 0.15) is 56.1 Å². The lowest BCUT2D eigenvalue weighted by molar-refractivity contribution is -0.161. The van der Waals surface area contributed by atoms with Crippen molar-refractivity contribution in [1.29, 1.82) is 0 Å². The summed E-state index contributed by atoms with van der Waals surface area (Å²) in [7, 11) is 1.39. The number of pyridine rings is 1. The van der Waals surface area contributed by atoms with E-state index in [1.165, 1.54) is 19.4 Å². The van der Waals surface area contributed by atoms with Gasteiger partial charge in [-0.2, -0.15) is 0 Å². The highest BCUT2D eigenvalue weighted by Crippen LogP contribution is 2.29. The number of methoxy groups -OCH3 is 1. The third kappa shape index (κ3) is 7.07. The number of carbonyl (C=O) groups is 2. The van der Waals surface area contributed by atoms with E-state index in [1.807, 2.05) is 37.3 Å². The minimum atomic E-state index is -0.696. The topological polar surface area (TPSA) is 95.0 Å². The van der Waals surface area contributed by atoms with Crippen molar-refractivity contribution >= 4 is 11.8 Å². The maximum absolute atomic E-state index is 12.6. The molecular weight excluding hydrogens is 398 g/mol. The fraction of sp³-hybridized carbons (Fsp3) is 0.458. The third-order valence-electron chi connectivity index (χ3n) is 4.97. The average molecular weight is 430 g/mol. The summed E-state index contributed by atoms with van der Waals surface area (Å²) in [5.41, 5.74) is 0.925. The largest absolute Gasteiger partial charge is 0.503 e. The molecular formula is C24H31NO6. The average Bonchev–Trinajstić information content (AvgIpc) is 2.77. The van der Waals surface area contributed by atoms with Gasteiger partial charge in [-0.3, -0.25) is 9.59 Å². The molecule has 1 aromatic carbocycles. The van der Waals surface area contributed by atoms with Crippen LogP contribution in [-0.4, -0.2) is 41.2 Å². The van der Waals surface area contributed by atoms with Gasteiger partial charge < -0.3 is 19.3 Å². The van der Waals surface area contributed by atoms with E-state index in [0.717, 1.165) is 18.4 Å². The van der Waals surface area contributed by atoms with E-state index in [9.17, 15) is 14.7 Å². The molecule has 0 saturated carbocycles. The van der Waals surface area contributed by atoms with Crippen LogP contribution in [0.5, 0.6) is 11.5 Å². The predicted molar refractivity (Wildman–Crippen MR) is 116 cm³/mol. The van der Waals surface area contributed by atoms with Crippen LogP contribution in [0.4, 0.5) is 0 Å². The number of ether oxygens (including phenoxy) is 3. The van der Waals surface area contributed by atoms with Crippen molar-refractivity contribution < 1.29 is 28.9 Å². The zero-order valence-corrected chi connectivity index (χ0v) is 18.5. The van der Waals surface area contributed by atoms with E-state index in [0.29, 0.717) is 6.61 Å². The normalized spacial score (nSPS) is 13.8. The molecule has 0 fully saturated rings. The lowest BCUT2D eigenvalue weighted by Gasteiger charge is -2.25. The van der Waals surface area contributed by atoms with Crippen molar-refractivity contribution in [3.8, 4) is 11.5 Å². The molecule has 0 aliphatic rings. The molecule has 0 amide bonds. The van der Waals surface area contributed by atoms with Crippen LogP contribution in [0.2, 0.25) is 0 Å². The van der Waals surface area contributed by atoms with Gasteiger partial charge in [0.2, 0.25) is 0 Å². The molecule has 3 atom stereocenters. The first kappa shape index (κ1) is 24.3. The molecule has 0 aliphatic heterocycles. The minimum absolute atomic E-state index is 0.123. The first-order valence-electron chi connectivity index (χ1n) is 10.5. The fourth-order valence-corrected chi connectivity index (χ4v) is 3.15. The van der Waals surface area contributed by atoms with Gasteiger partial charge in [-0.25, -0.2) is 4.98 Å². The maximum Gasteiger partial charge on any atom is 0.309 e. The van der Waals surface area contributed by atoms with Crippen molar-refractivity contribution in [3.05, 3.63) is 53.9 Å². The number of carbonyl (C=O) groups excluding carboxylic acids is 2. The molecule has 7 heteroatoms. The first-order valence-corrected chi connectivity index (χ1v) is 10.5. The first-order chi connectivity index (χ1) is 14.9. The number of hydrogen-bond donors (Lipinski definition) is 1. The summed E-state index contributed by atoms with van der Waals surface area (Å²) in [6, 6.07) is 11.3. The molecule has 31 heavy (non-hydrogen) atoms. The molecule has 2 aromatic rings. The van der Waals surface area contributed by atoms with Crippen molar-refractivity contribution in [3.63, 3.8) is 0 Å². The Morgan fingerprint density at radius 1 is 1.13 bits per heavy atom. The lowest BCUT2D eigenvalue weighted by atomic mass is 10.0. The number of ketones is 1. The van der Waals surface area contributed by atoms with Gasteiger partial charge in [-0.15, -0.1) is 0 Å². The number of aromatic hydroxyl groups is 1. The zero-order chi connectivity index (χ0) is 22.8. The number of nitrogens with zero attached hydrogens (tertiary/aromatic N) is 1. The van der Waals surface area contributed by atoms with Crippen molar-refractivity contribution in [2.24, 2.45) is 5.92 Å². The molecule has 1 heterocycles. The third-order valence-corrected chi connectivity index (χ3v) is 4.97. The molecule has 0 spiro atoms. The van der Waals surface area contributed by atoms with Crippen LogP contribution >= 0.6 is 0 Å². The number of aromatic nitrogens is 1. The lowest BCUT2D eigenvalue weighted by Crippen LogP contribution is -2.33. The number of rotatable bonds is 12. The molecule has 0 unspecified atom stereocenters. The summed E-state index contributed by atoms with van der Waals surface area (Å²) in [5, 5.41) is 10.1. The van der Waals surface area contributed by atoms with Gasteiger partial charge in [0.05, 0.1) is 25.7 Å². The Hall–Kier alpha value is -2.93. The second-order valence-corrected chi connectivity index (χ2v) is 7.50. The van der Waals surface area contributed by atoms with Gasteiger partial charge >= 0.3 is 5.97 Å². The quantitative estimate of drug-likeness (QED) is 0.396. The summed E-state index contributed by atoms with van der Waals surface area (Å²) in [6.45, 7) is 5.89. The predicted octanol–water partition coefficient (Wildman–Crippen LogP) is 4.32. The van der Waals surface area contributed by atoms with E-state index in [1.54, 1.807) is 13.8 Å². The van der Waals surface area contributed by atoms with E-state index >= 15 is 0 Å². The molecule has 1 N–H and O–H groups in total. The molecule has 0 saturated heterocycles. The fourth-order valence-electron chi connectivity index (χ4n) is 3.15. The summed E-state index contributed by atoms with van der Waals surface area (Å²) in [5.74, 6) is -1.83. The van der Waals surface area contributed by atoms with Crippen LogP contribution in [-0.2, 0) is 20.9 Å². The maximum atomic E-state index is 12.6. The van der Waals surface area contributed by atoms with Gasteiger partial charge in [0, 0.05) is 18.7 Å². The molecule has 168 valence electrons. The summed E-state index contributed by atoms with van der Waals surface area (Å²) < 4.78 is 16.6. The zero-order valence-electron chi connectivity index (χ0n) is 18.5. The van der Waals surface area contributed by atoms with Crippen molar-refractivity contribution in [2.45, 2.75) is 58.8 Å². The van der Waals surface area contributed by atoms with Crippen molar-refractivity contribution in [1.82, 2.24) is 4.98 Å². The Morgan fingerprint density at radius 3 is 2.48 bits per heavy atom. The highest BCUT2D eigenvalue weighted by Gasteiger charge is 2.27. The second-order valence-electron chi connectivity index (χ2n) is 7.50. The smallest absolute Gasteiger partial charge is 0.309 e. The van der Waals surface area contributed by atoms with E-state index < -0.39 is 23.8 Å². The second kappa shape index (κ2) is 12.1. The monoisotopic (exact) mass is 429 g/mol. The Kier molecular flexibility index (Phi) is 9.46. The molecule has 1 aromatic heterocycles. The molecule has 0 radical (unpaired) electrons. The van der Waals surface area contributed by atoms with Gasteiger partial charge in [0.1, 0.15) is 6.10 Å². The van der Waals surface area contributed by atoms with Crippen LogP contribution < -0.4 is 4.74 Å². The van der Waals surface area contributed by atoms with Gasteiger partial charge in [0.15, 0.2) is 23.0 Å². The van der Waals surface area contributed by atoms with E-state index in [2.05, 4.69) is 4.98 Å². The molecule has 2 rings (SSSR count). The Labute approximate surface area is 183 Å². The Bertz CT molecular complexity index is 854. The van der Waals surface area contributed by atoms with Gasteiger partial charge in [-0.1, -0.05) is 50.6 Å². The number of hydrogen-bond acceptors (Lipinski definition) is 7. The molecule has 0 aliphatic carbocycles. The van der Waals surface area contributed by atoms with Crippen LogP contribution in [0.15, 0.2) is 42.6 Å². The standard InChI is InChI=1S/C24H31NO6/c1-5-9-20(30-15-18-10-7-6-8-11-18)17(3)31-24(28)16(2)14-19(26)22-23(27)21(29-4)12-13-25-22/h6-8,10-13,16-17,20,27H,5,9,14-15H2,1-4H3/t16-,17+,20-/m1/s1. The summed E-state index contributed by atoms with van der Waals surface area (Å²) in [6.07, 6.45) is 2.16. The highest BCUT2D eigenvalue weighted by molar-refractivity contribution is 5.99. The Morgan fingerprint density at radius 2 is 1.84 bits per heavy atom. The van der Waals surface area contributed by atoms with Crippen molar-refractivity contribution in [2.75, 3.05) is 7.11 Å². The number of esters is 1. The summed E-state index contributed by atoms with van der Waals surface area (Å²) in [4.78, 5) is 29.0. The van der Waals surface area contributed by atoms with Crippen LogP contribution in [0, 0.1) is 5.92 Å². The summed E-state index contributed by atoms with van der Waals surface area (Å²) >= 11 is 0. The van der Waals surface area contributed by atoms with Crippen LogP contribution in [0.25, 0.3) is 0 Å². The van der Waals surface area contributed by atoms with Gasteiger partial charge in [0.25, 0.3) is 0 Å². The van der Waals surface area contributed by atoms with E-state index in [4.69, 9.17) is 14.2 Å². The minimum Gasteiger partial charge on any atom is -0.503 e. The highest BCUT2D eigenvalue weighted by atomic mass is 16.6. The Balaban J connectivity index is 1.94. The van der Waals surface area contributed by atoms with Crippen LogP contribution in [0.3, 0.4) is 0 Å². The number of benzene rings is 1. The molecule has 0 bridgehead atoms. The molecule has 7 nitrogen and oxygen atoms in total. The van der Waals surface area contributed by atoms with E-state index in [-0.39, 0.29) is 29.7 Å².